The van der Waals surface area contributed by atoms with Crippen molar-refractivity contribution in [3.05, 3.63) is 102 Å². The minimum absolute atomic E-state index is 0.0401. The molecule has 11 heteroatoms. The number of pyridine rings is 1. The Morgan fingerprint density at radius 3 is 2.57 bits per heavy atom. The number of oxime groups is 1. The smallest absolute Gasteiger partial charge is 0.410 e. The van der Waals surface area contributed by atoms with E-state index in [-0.39, 0.29) is 30.6 Å². The molecule has 1 aliphatic rings. The maximum atomic E-state index is 13.0. The number of piperidine rings is 1. The first-order valence-corrected chi connectivity index (χ1v) is 14.5. The molecule has 5 aromatic rings. The summed E-state index contributed by atoms with van der Waals surface area (Å²) in [5.41, 5.74) is 11.3. The number of nitrogens with zero attached hydrogens (tertiary/aromatic N) is 6. The molecule has 2 aromatic carbocycles. The van der Waals surface area contributed by atoms with Gasteiger partial charge in [0.05, 0.1) is 5.69 Å². The van der Waals surface area contributed by atoms with Crippen molar-refractivity contribution < 1.29 is 14.7 Å². The molecule has 4 heterocycles. The number of amidine groups is 1. The molecule has 1 saturated heterocycles. The van der Waals surface area contributed by atoms with Gasteiger partial charge in [0.25, 0.3) is 0 Å². The summed E-state index contributed by atoms with van der Waals surface area (Å²) in [4.78, 5) is 29.0. The van der Waals surface area contributed by atoms with E-state index in [1.165, 1.54) is 0 Å². The lowest BCUT2D eigenvalue weighted by atomic mass is 10.00. The molecule has 0 bridgehead atoms. The van der Waals surface area contributed by atoms with Crippen LogP contribution in [0.2, 0.25) is 0 Å². The average Bonchev–Trinajstić information content (AvgIpc) is 3.44. The van der Waals surface area contributed by atoms with Crippen LogP contribution < -0.4 is 11.1 Å². The number of anilines is 1. The number of nitrogens with one attached hydrogen (secondary N) is 1. The first kappa shape index (κ1) is 28.7. The van der Waals surface area contributed by atoms with E-state index < -0.39 is 0 Å². The van der Waals surface area contributed by atoms with Gasteiger partial charge in [-0.05, 0) is 62.1 Å². The highest BCUT2D eigenvalue weighted by Gasteiger charge is 2.30. The lowest BCUT2D eigenvalue weighted by Crippen LogP contribution is -2.50. The lowest BCUT2D eigenvalue weighted by Gasteiger charge is -2.37. The molecule has 0 saturated carbocycles. The molecule has 44 heavy (non-hydrogen) atoms. The molecule has 1 aliphatic heterocycles. The third-order valence-corrected chi connectivity index (χ3v) is 7.94. The van der Waals surface area contributed by atoms with Crippen molar-refractivity contribution in [1.82, 2.24) is 24.4 Å². The van der Waals surface area contributed by atoms with Crippen LogP contribution in [-0.4, -0.2) is 60.2 Å². The minimum atomic E-state index is -0.328. The Balaban J connectivity index is 1.27. The van der Waals surface area contributed by atoms with Gasteiger partial charge in [0.15, 0.2) is 5.84 Å². The van der Waals surface area contributed by atoms with Crippen molar-refractivity contribution in [3.63, 3.8) is 0 Å². The molecule has 6 rings (SSSR count). The molecule has 0 radical (unpaired) electrons. The van der Waals surface area contributed by atoms with E-state index in [0.717, 1.165) is 46.3 Å². The summed E-state index contributed by atoms with van der Waals surface area (Å²) in [6.45, 7) is 4.73. The van der Waals surface area contributed by atoms with E-state index in [1.807, 2.05) is 91.3 Å². The van der Waals surface area contributed by atoms with E-state index in [0.29, 0.717) is 23.8 Å². The van der Waals surface area contributed by atoms with Gasteiger partial charge in [-0.25, -0.2) is 19.7 Å². The number of carbonyl (C=O) groups is 1. The molecule has 11 nitrogen and oxygen atoms in total. The molecule has 3 aromatic heterocycles. The van der Waals surface area contributed by atoms with Crippen molar-refractivity contribution >= 4 is 28.9 Å². The van der Waals surface area contributed by atoms with Crippen LogP contribution in [0.15, 0.2) is 90.3 Å². The molecule has 1 amide bonds. The number of para-hydroxylation sites is 1. The maximum absolute atomic E-state index is 13.0. The highest BCUT2D eigenvalue weighted by molar-refractivity contribution is 6.00. The van der Waals surface area contributed by atoms with Crippen molar-refractivity contribution in [2.45, 2.75) is 45.4 Å². The van der Waals surface area contributed by atoms with Crippen LogP contribution in [0, 0.1) is 6.92 Å². The van der Waals surface area contributed by atoms with Crippen molar-refractivity contribution in [1.29, 1.82) is 0 Å². The van der Waals surface area contributed by atoms with Crippen LogP contribution in [0.3, 0.4) is 0 Å². The Morgan fingerprint density at radius 1 is 1.07 bits per heavy atom. The van der Waals surface area contributed by atoms with Crippen LogP contribution in [0.1, 0.15) is 36.6 Å². The standard InChI is InChI=1S/C33H34N8O3/c1-21-17-35-32(36-24-14-13-22(2)40(18-24)33(42)44-20-23-9-5-3-6-10-23)38-29(21)27-19-41(25-11-7-4-8-12-25)31-26(27)15-16-28(37-31)30(34)39-43/h3-12,15-17,19,22,24,43H,13-14,18,20H2,1-2H3,(H2,34,39)(H,35,36,38)/t22-,24-/m1/s1. The van der Waals surface area contributed by atoms with Gasteiger partial charge in [-0.15, -0.1) is 0 Å². The number of rotatable bonds is 7. The number of benzene rings is 2. The minimum Gasteiger partial charge on any atom is -0.445 e. The summed E-state index contributed by atoms with van der Waals surface area (Å²) >= 11 is 0. The highest BCUT2D eigenvalue weighted by atomic mass is 16.6. The molecule has 4 N–H and O–H groups in total. The topological polar surface area (TPSA) is 144 Å². The number of hydrogen-bond acceptors (Lipinski definition) is 8. The third kappa shape index (κ3) is 5.89. The number of aryl methyl sites for hydroxylation is 1. The van der Waals surface area contributed by atoms with Crippen LogP contribution >= 0.6 is 0 Å². The maximum Gasteiger partial charge on any atom is 0.410 e. The van der Waals surface area contributed by atoms with Gasteiger partial charge in [-0.3, -0.25) is 0 Å². The Morgan fingerprint density at radius 2 is 1.82 bits per heavy atom. The van der Waals surface area contributed by atoms with Gasteiger partial charge in [0, 0.05) is 47.7 Å². The summed E-state index contributed by atoms with van der Waals surface area (Å²) in [6.07, 6.45) is 5.16. The van der Waals surface area contributed by atoms with E-state index in [2.05, 4.69) is 15.5 Å². The quantitative estimate of drug-likeness (QED) is 0.0978. The van der Waals surface area contributed by atoms with Gasteiger partial charge in [0.2, 0.25) is 5.95 Å². The van der Waals surface area contributed by atoms with E-state index >= 15 is 0 Å². The number of hydrogen-bond donors (Lipinski definition) is 3. The number of fused-ring (bicyclic) bond motifs is 1. The van der Waals surface area contributed by atoms with Crippen LogP contribution in [0.25, 0.3) is 28.0 Å². The van der Waals surface area contributed by atoms with E-state index in [4.69, 9.17) is 20.4 Å². The van der Waals surface area contributed by atoms with Gasteiger partial charge >= 0.3 is 6.09 Å². The zero-order chi connectivity index (χ0) is 30.6. The van der Waals surface area contributed by atoms with Gasteiger partial charge in [0.1, 0.15) is 17.9 Å². The van der Waals surface area contributed by atoms with Crippen molar-refractivity contribution in [2.75, 3.05) is 11.9 Å². The molecule has 224 valence electrons. The normalized spacial score (nSPS) is 17.0. The highest BCUT2D eigenvalue weighted by Crippen LogP contribution is 2.33. The Labute approximate surface area is 255 Å². The van der Waals surface area contributed by atoms with Crippen LogP contribution in [0.5, 0.6) is 0 Å². The fraction of sp³-hybridized carbons (Fsp3) is 0.242. The molecule has 0 unspecified atom stereocenters. The summed E-state index contributed by atoms with van der Waals surface area (Å²) in [7, 11) is 0. The third-order valence-electron chi connectivity index (χ3n) is 7.94. The van der Waals surface area contributed by atoms with Crippen molar-refractivity contribution in [3.8, 4) is 16.9 Å². The number of nitrogens with two attached hydrogens (primary N) is 1. The summed E-state index contributed by atoms with van der Waals surface area (Å²) in [5, 5.41) is 16.7. The monoisotopic (exact) mass is 590 g/mol. The zero-order valence-corrected chi connectivity index (χ0v) is 24.6. The molecular weight excluding hydrogens is 556 g/mol. The second-order valence-corrected chi connectivity index (χ2v) is 11.0. The van der Waals surface area contributed by atoms with Crippen molar-refractivity contribution in [2.24, 2.45) is 10.9 Å². The predicted molar refractivity (Wildman–Crippen MR) is 169 cm³/mol. The lowest BCUT2D eigenvalue weighted by molar-refractivity contribution is 0.0695. The molecule has 2 atom stereocenters. The van der Waals surface area contributed by atoms with Gasteiger partial charge in [-0.2, -0.15) is 0 Å². The predicted octanol–water partition coefficient (Wildman–Crippen LogP) is 5.49. The first-order chi connectivity index (χ1) is 21.4. The van der Waals surface area contributed by atoms with E-state index in [9.17, 15) is 10.0 Å². The van der Waals surface area contributed by atoms with E-state index in [1.54, 1.807) is 17.2 Å². The number of likely N-dealkylation sites (tertiary alicyclic amines) is 1. The first-order valence-electron chi connectivity index (χ1n) is 14.5. The largest absolute Gasteiger partial charge is 0.445 e. The summed E-state index contributed by atoms with van der Waals surface area (Å²) < 4.78 is 7.60. The molecular formula is C33H34N8O3. The number of carbonyl (C=O) groups excluding carboxylic acids is 1. The number of aromatic nitrogens is 4. The Bertz CT molecular complexity index is 1810. The second kappa shape index (κ2) is 12.4. The molecule has 0 aliphatic carbocycles. The second-order valence-electron chi connectivity index (χ2n) is 11.0. The number of ether oxygens (including phenoxy) is 1. The van der Waals surface area contributed by atoms with Crippen LogP contribution in [-0.2, 0) is 11.3 Å². The summed E-state index contributed by atoms with van der Waals surface area (Å²) in [5.74, 6) is 0.406. The Kier molecular flexibility index (Phi) is 8.09. The Hall–Kier alpha value is -5.45. The average molecular weight is 591 g/mol. The van der Waals surface area contributed by atoms with Gasteiger partial charge < -0.3 is 30.5 Å². The SMILES string of the molecule is Cc1cnc(N[C@@H]2CC[C@@H](C)N(C(=O)OCc3ccccc3)C2)nc1-c1cn(-c2ccccc2)c2nc(/C(N)=N/O)ccc12. The number of amides is 1. The molecule has 1 fully saturated rings. The van der Waals surface area contributed by atoms with Gasteiger partial charge in [-0.1, -0.05) is 53.7 Å². The molecule has 0 spiro atoms. The zero-order valence-electron chi connectivity index (χ0n) is 24.6. The van der Waals surface area contributed by atoms with Crippen LogP contribution in [0.4, 0.5) is 10.7 Å². The fourth-order valence-electron chi connectivity index (χ4n) is 5.52. The fourth-order valence-corrected chi connectivity index (χ4v) is 5.52. The summed E-state index contributed by atoms with van der Waals surface area (Å²) in [6, 6.07) is 23.2.